The molecule has 0 aliphatic carbocycles. The molecular weight excluding hydrogens is 262 g/mol. The van der Waals surface area contributed by atoms with Crippen LogP contribution < -0.4 is 69.3 Å². The summed E-state index contributed by atoms with van der Waals surface area (Å²) in [5.74, 6) is 0. The van der Waals surface area contributed by atoms with E-state index in [1.165, 1.54) is 44.9 Å². The van der Waals surface area contributed by atoms with Gasteiger partial charge in [-0.25, -0.2) is 0 Å². The molecule has 0 spiro atoms. The maximum Gasteiger partial charge on any atom is 1.00 e. The second kappa shape index (κ2) is 24.9. The zero-order chi connectivity index (χ0) is 12.6. The molecule has 0 fully saturated rings. The quantitative estimate of drug-likeness (QED) is 0.240. The van der Waals surface area contributed by atoms with E-state index in [2.05, 4.69) is 0 Å². The largest absolute Gasteiger partial charge is 1.00 e. The topological polar surface area (TPSA) is 55.3 Å². The predicted octanol–water partition coefficient (Wildman–Crippen LogP) is -4.37. The van der Waals surface area contributed by atoms with Crippen molar-refractivity contribution in [2.75, 3.05) is 26.4 Å². The Bertz CT molecular complexity index is 124. The van der Waals surface area contributed by atoms with Crippen molar-refractivity contribution in [3.8, 4) is 0 Å². The maximum atomic E-state index is 10.2. The molecule has 0 heterocycles. The van der Waals surface area contributed by atoms with Gasteiger partial charge in [0.05, 0.1) is 0 Å². The smallest absolute Gasteiger partial charge is 0.854 e. The Morgan fingerprint density at radius 1 is 0.474 bits per heavy atom. The first-order valence-corrected chi connectivity index (χ1v) is 7.15. The fourth-order valence-corrected chi connectivity index (χ4v) is 1.88. The molecule has 5 heteroatoms. The van der Waals surface area contributed by atoms with Crippen LogP contribution in [-0.4, -0.2) is 26.4 Å². The van der Waals surface area contributed by atoms with Crippen LogP contribution in [-0.2, 0) is 4.74 Å². The monoisotopic (exact) mass is 290 g/mol. The van der Waals surface area contributed by atoms with Crippen LogP contribution in [0.2, 0.25) is 0 Å². The molecule has 0 aromatic carbocycles. The Hall–Kier alpha value is 1.88. The standard InChI is InChI=1S/C14H28O3.2Na/c15-11-9-7-5-3-1-2-4-6-8-10-13-17-14-12-16;;/h1-14H2;;/q-2;2*+1. The molecule has 0 radical (unpaired) electrons. The van der Waals surface area contributed by atoms with Crippen molar-refractivity contribution in [3.05, 3.63) is 0 Å². The molecule has 0 unspecified atom stereocenters. The molecule has 19 heavy (non-hydrogen) atoms. The van der Waals surface area contributed by atoms with Gasteiger partial charge in [-0.15, -0.1) is 13.2 Å². The molecule has 0 saturated heterocycles. The molecule has 0 aromatic rings. The van der Waals surface area contributed by atoms with Gasteiger partial charge in [0, 0.05) is 13.2 Å². The summed E-state index contributed by atoms with van der Waals surface area (Å²) in [5.41, 5.74) is 0. The Labute approximate surface area is 163 Å². The summed E-state index contributed by atoms with van der Waals surface area (Å²) in [4.78, 5) is 0. The second-order valence-corrected chi connectivity index (χ2v) is 4.56. The van der Waals surface area contributed by atoms with E-state index in [1.54, 1.807) is 0 Å². The molecule has 3 nitrogen and oxygen atoms in total. The van der Waals surface area contributed by atoms with Crippen molar-refractivity contribution in [2.24, 2.45) is 0 Å². The van der Waals surface area contributed by atoms with Crippen LogP contribution >= 0.6 is 0 Å². The second-order valence-electron chi connectivity index (χ2n) is 4.56. The zero-order valence-corrected chi connectivity index (χ0v) is 17.1. The Morgan fingerprint density at radius 3 is 1.32 bits per heavy atom. The van der Waals surface area contributed by atoms with Crippen molar-refractivity contribution in [1.82, 2.24) is 0 Å². The molecule has 0 atom stereocenters. The first-order valence-electron chi connectivity index (χ1n) is 7.15. The number of ether oxygens (including phenoxy) is 1. The summed E-state index contributed by atoms with van der Waals surface area (Å²) in [6.45, 7) is 1.08. The van der Waals surface area contributed by atoms with Crippen LogP contribution in [0.3, 0.4) is 0 Å². The van der Waals surface area contributed by atoms with Gasteiger partial charge in [-0.1, -0.05) is 57.8 Å². The Balaban J connectivity index is -0.00000128. The summed E-state index contributed by atoms with van der Waals surface area (Å²) in [5, 5.41) is 20.3. The van der Waals surface area contributed by atoms with Crippen LogP contribution in [0.25, 0.3) is 0 Å². The molecule has 0 saturated carbocycles. The van der Waals surface area contributed by atoms with Gasteiger partial charge >= 0.3 is 59.1 Å². The fourth-order valence-electron chi connectivity index (χ4n) is 1.88. The molecule has 0 aliphatic heterocycles. The fraction of sp³-hybridized carbons (Fsp3) is 1.00. The van der Waals surface area contributed by atoms with Crippen molar-refractivity contribution < 1.29 is 74.1 Å². The minimum atomic E-state index is -0.119. The van der Waals surface area contributed by atoms with Gasteiger partial charge in [0.2, 0.25) is 0 Å². The van der Waals surface area contributed by atoms with Crippen molar-refractivity contribution in [2.45, 2.75) is 64.2 Å². The van der Waals surface area contributed by atoms with Crippen molar-refractivity contribution in [3.63, 3.8) is 0 Å². The van der Waals surface area contributed by atoms with Crippen LogP contribution in [0.1, 0.15) is 64.2 Å². The number of rotatable bonds is 14. The van der Waals surface area contributed by atoms with Gasteiger partial charge in [-0.05, 0) is 6.42 Å². The van der Waals surface area contributed by atoms with E-state index in [0.29, 0.717) is 6.61 Å². The maximum absolute atomic E-state index is 10.2. The average molecular weight is 290 g/mol. The minimum Gasteiger partial charge on any atom is -0.854 e. The van der Waals surface area contributed by atoms with Gasteiger partial charge in [0.15, 0.2) is 0 Å². The predicted molar refractivity (Wildman–Crippen MR) is 66.7 cm³/mol. The normalized spacial score (nSPS) is 9.79. The third kappa shape index (κ3) is 25.2. The Kier molecular flexibility index (Phi) is 33.8. The summed E-state index contributed by atoms with van der Waals surface area (Å²) in [6.07, 6.45) is 12.0. The molecule has 0 aliphatic rings. The first kappa shape index (κ1) is 25.8. The summed E-state index contributed by atoms with van der Waals surface area (Å²) in [6, 6.07) is 0. The van der Waals surface area contributed by atoms with E-state index < -0.39 is 0 Å². The summed E-state index contributed by atoms with van der Waals surface area (Å²) < 4.78 is 5.13. The number of unbranched alkanes of at least 4 members (excludes halogenated alkanes) is 9. The number of hydrogen-bond donors (Lipinski definition) is 0. The van der Waals surface area contributed by atoms with E-state index >= 15 is 0 Å². The molecule has 0 aromatic heterocycles. The first-order chi connectivity index (χ1) is 8.41. The summed E-state index contributed by atoms with van der Waals surface area (Å²) in [7, 11) is 0. The van der Waals surface area contributed by atoms with Crippen molar-refractivity contribution >= 4 is 0 Å². The van der Waals surface area contributed by atoms with Gasteiger partial charge in [-0.3, -0.25) is 0 Å². The Morgan fingerprint density at radius 2 is 0.895 bits per heavy atom. The van der Waals surface area contributed by atoms with E-state index in [0.717, 1.165) is 25.9 Å². The van der Waals surface area contributed by atoms with E-state index in [1.807, 2.05) is 0 Å². The average Bonchev–Trinajstić information content (AvgIpc) is 2.35. The van der Waals surface area contributed by atoms with E-state index in [9.17, 15) is 10.2 Å². The molecular formula is C14H28Na2O3. The van der Waals surface area contributed by atoms with Crippen LogP contribution in [0.15, 0.2) is 0 Å². The molecule has 0 N–H and O–H groups in total. The van der Waals surface area contributed by atoms with Gasteiger partial charge < -0.3 is 14.9 Å². The third-order valence-corrected chi connectivity index (χ3v) is 2.91. The minimum absolute atomic E-state index is 0. The van der Waals surface area contributed by atoms with Gasteiger partial charge in [-0.2, -0.15) is 0 Å². The van der Waals surface area contributed by atoms with Crippen LogP contribution in [0.4, 0.5) is 0 Å². The van der Waals surface area contributed by atoms with E-state index in [-0.39, 0.29) is 72.3 Å². The summed E-state index contributed by atoms with van der Waals surface area (Å²) >= 11 is 0. The van der Waals surface area contributed by atoms with Gasteiger partial charge in [0.1, 0.15) is 0 Å². The SMILES string of the molecule is [Na+].[Na+].[O-]CCCCCCCCCCCCOCC[O-]. The molecule has 0 bridgehead atoms. The van der Waals surface area contributed by atoms with Gasteiger partial charge in [0.25, 0.3) is 0 Å². The van der Waals surface area contributed by atoms with Crippen LogP contribution in [0, 0.1) is 0 Å². The zero-order valence-electron chi connectivity index (χ0n) is 13.1. The molecule has 0 rings (SSSR count). The molecule has 0 amide bonds. The number of hydrogen-bond acceptors (Lipinski definition) is 3. The van der Waals surface area contributed by atoms with E-state index in [4.69, 9.17) is 4.74 Å². The molecule has 104 valence electrons. The third-order valence-electron chi connectivity index (χ3n) is 2.91. The van der Waals surface area contributed by atoms with Crippen LogP contribution in [0.5, 0.6) is 0 Å². The van der Waals surface area contributed by atoms with Crippen molar-refractivity contribution in [1.29, 1.82) is 0 Å².